The van der Waals surface area contributed by atoms with Gasteiger partial charge >= 0.3 is 0 Å². The molecule has 350 valence electrons. The molecule has 16 atom stereocenters. The fourth-order valence-corrected chi connectivity index (χ4v) is 6.90. The molecule has 0 spiro atoms. The van der Waals surface area contributed by atoms with Gasteiger partial charge in [0.25, 0.3) is 0 Å². The summed E-state index contributed by atoms with van der Waals surface area (Å²) >= 11 is 0. The second-order valence-electron chi connectivity index (χ2n) is 15.3. The molecule has 3 rings (SSSR count). The van der Waals surface area contributed by atoms with Crippen LogP contribution < -0.4 is 21.9 Å². The van der Waals surface area contributed by atoms with Crippen LogP contribution in [0.25, 0.3) is 0 Å². The molecule has 60 heavy (non-hydrogen) atoms. The molecule has 0 aromatic carbocycles. The van der Waals surface area contributed by atoms with Gasteiger partial charge in [-0.2, -0.15) is 0 Å². The van der Waals surface area contributed by atoms with E-state index in [-0.39, 0.29) is 37.2 Å². The van der Waals surface area contributed by atoms with Crippen molar-refractivity contribution in [1.82, 2.24) is 16.2 Å². The zero-order valence-electron chi connectivity index (χ0n) is 34.0. The molecule has 0 unspecified atom stereocenters. The van der Waals surface area contributed by atoms with Crippen molar-refractivity contribution in [3.63, 3.8) is 0 Å². The maximum absolute atomic E-state index is 12.5. The lowest BCUT2D eigenvalue weighted by Gasteiger charge is -2.46. The van der Waals surface area contributed by atoms with Gasteiger partial charge in [0.15, 0.2) is 18.9 Å². The van der Waals surface area contributed by atoms with Gasteiger partial charge in [-0.25, -0.2) is 5.43 Å². The number of ether oxygens (including phenoxy) is 6. The van der Waals surface area contributed by atoms with E-state index in [9.17, 15) is 65.4 Å². The van der Waals surface area contributed by atoms with Crippen LogP contribution in [0.2, 0.25) is 0 Å². The molecule has 3 aliphatic rings. The van der Waals surface area contributed by atoms with Gasteiger partial charge in [-0.15, -0.1) is 0 Å². The lowest BCUT2D eigenvalue weighted by molar-refractivity contribution is -0.366. The topological polar surface area (TPSA) is 371 Å². The maximum atomic E-state index is 12.5. The molecule has 0 aromatic heterocycles. The second kappa shape index (κ2) is 27.2. The van der Waals surface area contributed by atoms with Crippen LogP contribution in [0.15, 0.2) is 0 Å². The number of aliphatic hydroxyl groups excluding tert-OH is 10. The third-order valence-corrected chi connectivity index (χ3v) is 10.6. The molecule has 3 aliphatic heterocycles. The summed E-state index contributed by atoms with van der Waals surface area (Å²) in [5.74, 6) is -0.505. The summed E-state index contributed by atoms with van der Waals surface area (Å²) in [6.07, 6.45) is -17.7. The lowest BCUT2D eigenvalue weighted by Crippen LogP contribution is -2.65. The summed E-state index contributed by atoms with van der Waals surface area (Å²) in [6.45, 7) is -0.334. The van der Waals surface area contributed by atoms with Crippen LogP contribution >= 0.6 is 0 Å². The Balaban J connectivity index is 1.43. The van der Waals surface area contributed by atoms with Gasteiger partial charge in [0.1, 0.15) is 79.0 Å². The predicted octanol–water partition coefficient (Wildman–Crippen LogP) is -5.60. The highest BCUT2D eigenvalue weighted by molar-refractivity contribution is 5.82. The third-order valence-electron chi connectivity index (χ3n) is 10.6. The Kier molecular flexibility index (Phi) is 23.6. The van der Waals surface area contributed by atoms with Crippen LogP contribution in [0.1, 0.15) is 77.6 Å². The molecule has 0 aromatic rings. The number of aliphatic hydroxyl groups is 10. The molecular weight excluding hydrogens is 804 g/mol. The molecule has 3 fully saturated rings. The number of rotatable bonds is 27. The van der Waals surface area contributed by atoms with Crippen molar-refractivity contribution < 1.29 is 93.9 Å². The molecule has 0 saturated carbocycles. The largest absolute Gasteiger partial charge is 0.394 e. The minimum Gasteiger partial charge on any atom is -0.394 e. The molecule has 23 heteroatoms. The number of carbonyl (C=O) groups excluding carboxylic acids is 3. The first-order valence-corrected chi connectivity index (χ1v) is 20.7. The van der Waals surface area contributed by atoms with Gasteiger partial charge in [-0.3, -0.25) is 19.8 Å². The maximum Gasteiger partial charge on any atom is 0.234 e. The fourth-order valence-electron chi connectivity index (χ4n) is 6.90. The highest BCUT2D eigenvalue weighted by Crippen LogP contribution is 2.31. The van der Waals surface area contributed by atoms with Crippen molar-refractivity contribution in [2.24, 2.45) is 5.73 Å². The Morgan fingerprint density at radius 1 is 0.617 bits per heavy atom. The summed E-state index contributed by atoms with van der Waals surface area (Å²) in [6, 6.07) is -0.445. The highest BCUT2D eigenvalue weighted by atomic mass is 16.7. The zero-order chi connectivity index (χ0) is 44.4. The molecule has 15 N–H and O–H groups in total. The zero-order valence-corrected chi connectivity index (χ0v) is 34.0. The minimum absolute atomic E-state index is 0.0178. The number of nitrogens with one attached hydrogen (secondary N) is 3. The number of amides is 2. The van der Waals surface area contributed by atoms with Crippen molar-refractivity contribution in [3.05, 3.63) is 0 Å². The van der Waals surface area contributed by atoms with E-state index in [1.807, 2.05) is 0 Å². The molecule has 3 heterocycles. The van der Waals surface area contributed by atoms with E-state index in [2.05, 4.69) is 16.2 Å². The molecule has 0 aliphatic carbocycles. The first kappa shape index (κ1) is 52.2. The van der Waals surface area contributed by atoms with Crippen LogP contribution in [0, 0.1) is 0 Å². The van der Waals surface area contributed by atoms with Crippen LogP contribution in [0.4, 0.5) is 0 Å². The fraction of sp³-hybridized carbons (Fsp3) is 0.919. The van der Waals surface area contributed by atoms with E-state index < -0.39 is 118 Å². The summed E-state index contributed by atoms with van der Waals surface area (Å²) in [7, 11) is 0. The number of Topliss-reactive ketones (excluding diaryl/α,β-unsaturated/α-hetero) is 1. The molecule has 3 saturated heterocycles. The minimum atomic E-state index is -1.89. The van der Waals surface area contributed by atoms with E-state index in [1.54, 1.807) is 0 Å². The van der Waals surface area contributed by atoms with Crippen molar-refractivity contribution >= 4 is 17.6 Å². The quantitative estimate of drug-likeness (QED) is 0.0270. The number of unbranched alkanes of at least 4 members (excludes halogenated alkanes) is 6. The molecular formula is C37H68N4O19. The van der Waals surface area contributed by atoms with Crippen LogP contribution in [-0.2, 0) is 42.8 Å². The van der Waals surface area contributed by atoms with Gasteiger partial charge in [-0.05, 0) is 39.2 Å². The SMILES string of the molecule is CC(=O)[C@H](CCCCN)NNC(=O)CCCCCCCCC(=O)NCCO[C@@H]1O[C@H](CO[C@H]2O[C@H](CO)[C@@H](O)[C@H](O)[C@@H]2O)[C@@H](O)[C@H](O[C@H]2O[C@H](CO)[C@@H](O)[C@H](O)[C@@H]2O)[C@@H]1O. The van der Waals surface area contributed by atoms with Gasteiger partial charge in [0.05, 0.1) is 32.5 Å². The molecule has 0 bridgehead atoms. The number of hydrogen-bond donors (Lipinski definition) is 14. The monoisotopic (exact) mass is 872 g/mol. The number of hydrogen-bond acceptors (Lipinski definition) is 21. The van der Waals surface area contributed by atoms with Gasteiger partial charge < -0.3 is 90.5 Å². The Hall–Kier alpha value is -2.11. The summed E-state index contributed by atoms with van der Waals surface area (Å²) < 4.78 is 33.3. The van der Waals surface area contributed by atoms with E-state index >= 15 is 0 Å². The predicted molar refractivity (Wildman–Crippen MR) is 204 cm³/mol. The van der Waals surface area contributed by atoms with Crippen molar-refractivity contribution in [1.29, 1.82) is 0 Å². The summed E-state index contributed by atoms with van der Waals surface area (Å²) in [5, 5.41) is 106. The lowest BCUT2D eigenvalue weighted by atomic mass is 9.96. The van der Waals surface area contributed by atoms with Crippen molar-refractivity contribution in [2.75, 3.05) is 39.5 Å². The van der Waals surface area contributed by atoms with Gasteiger partial charge in [-0.1, -0.05) is 32.1 Å². The van der Waals surface area contributed by atoms with Gasteiger partial charge in [0, 0.05) is 19.4 Å². The first-order valence-electron chi connectivity index (χ1n) is 20.7. The highest BCUT2D eigenvalue weighted by Gasteiger charge is 2.52. The average molecular weight is 873 g/mol. The second-order valence-corrected chi connectivity index (χ2v) is 15.3. The molecule has 23 nitrogen and oxygen atoms in total. The van der Waals surface area contributed by atoms with E-state index in [0.29, 0.717) is 32.2 Å². The Bertz CT molecular complexity index is 1260. The van der Waals surface area contributed by atoms with Crippen LogP contribution in [0.5, 0.6) is 0 Å². The Labute approximate surface area is 348 Å². The first-order chi connectivity index (χ1) is 28.6. The normalized spacial score (nSPS) is 35.2. The van der Waals surface area contributed by atoms with E-state index in [0.717, 1.165) is 38.5 Å². The molecule has 2 amide bonds. The third kappa shape index (κ3) is 15.9. The summed E-state index contributed by atoms with van der Waals surface area (Å²) in [4.78, 5) is 36.4. The number of carbonyl (C=O) groups is 3. The van der Waals surface area contributed by atoms with Gasteiger partial charge in [0.2, 0.25) is 11.8 Å². The average Bonchev–Trinajstić information content (AvgIpc) is 3.22. The van der Waals surface area contributed by atoms with Crippen LogP contribution in [0.3, 0.4) is 0 Å². The van der Waals surface area contributed by atoms with Crippen molar-refractivity contribution in [3.8, 4) is 0 Å². The number of nitrogens with two attached hydrogens (primary N) is 1. The molecule has 0 radical (unpaired) electrons. The standard InChI is InChI=1S/C37H68N4O19/c1-19(44)20(10-8-9-13-38)40-41-25(46)12-7-5-3-2-4-6-11-24(45)39-14-15-55-36-33(54)34(60-37-32(53)30(51)27(48)22(17-43)58-37)28(49)23(59-36)18-56-35-31(52)29(50)26(47)21(16-42)57-35/h20-23,26-37,40,42-43,47-54H,2-18,38H2,1H3,(H,39,45)(H,41,46)/t20-,21+,22+,23+,26+,27+,28+,29-,30-,31-,32-,33-,34-,35-,36+,37+/m0/s1. The van der Waals surface area contributed by atoms with E-state index in [4.69, 9.17) is 34.2 Å². The van der Waals surface area contributed by atoms with E-state index in [1.165, 1.54) is 6.92 Å². The number of ketones is 1. The Morgan fingerprint density at radius 2 is 1.15 bits per heavy atom. The van der Waals surface area contributed by atoms with Crippen LogP contribution in [-0.4, -0.2) is 206 Å². The van der Waals surface area contributed by atoms with Crippen molar-refractivity contribution in [2.45, 2.75) is 176 Å². The Morgan fingerprint density at radius 3 is 1.73 bits per heavy atom. The smallest absolute Gasteiger partial charge is 0.234 e. The summed E-state index contributed by atoms with van der Waals surface area (Å²) in [5.41, 5.74) is 10.9. The number of hydrazine groups is 1.